The minimum atomic E-state index is -0.947. The van der Waals surface area contributed by atoms with Crippen molar-refractivity contribution >= 4 is 30.2 Å². The number of carbonyl (C=O) groups is 1. The molecule has 0 aliphatic heterocycles. The number of aromatic nitrogens is 1. The minimum Gasteiger partial charge on any atom is -0.478 e. The van der Waals surface area contributed by atoms with Gasteiger partial charge in [0.1, 0.15) is 7.85 Å². The van der Waals surface area contributed by atoms with Gasteiger partial charge in [-0.2, -0.15) is 5.26 Å². The van der Waals surface area contributed by atoms with Crippen molar-refractivity contribution in [2.75, 3.05) is 0 Å². The van der Waals surface area contributed by atoms with Crippen LogP contribution in [0.3, 0.4) is 0 Å². The van der Waals surface area contributed by atoms with Crippen LogP contribution in [0.25, 0.3) is 10.9 Å². The molecule has 0 unspecified atom stereocenters. The van der Waals surface area contributed by atoms with Gasteiger partial charge in [0.15, 0.2) is 0 Å². The smallest absolute Gasteiger partial charge is 0.335 e. The van der Waals surface area contributed by atoms with Gasteiger partial charge in [0, 0.05) is 12.1 Å². The Kier molecular flexibility index (Phi) is 3.44. The highest BCUT2D eigenvalue weighted by atomic mass is 16.4. The van der Waals surface area contributed by atoms with Gasteiger partial charge in [-0.05, 0) is 47.5 Å². The maximum absolute atomic E-state index is 11.0. The van der Waals surface area contributed by atoms with Gasteiger partial charge >= 0.3 is 5.97 Å². The number of rotatable bonds is 3. The van der Waals surface area contributed by atoms with Gasteiger partial charge in [-0.15, -0.1) is 0 Å². The number of carboxylic acid groups (broad SMARTS) is 1. The van der Waals surface area contributed by atoms with Crippen molar-refractivity contribution in [1.29, 1.82) is 5.26 Å². The van der Waals surface area contributed by atoms with Crippen molar-refractivity contribution in [3.63, 3.8) is 0 Å². The van der Waals surface area contributed by atoms with E-state index in [-0.39, 0.29) is 5.56 Å². The van der Waals surface area contributed by atoms with E-state index in [2.05, 4.69) is 6.07 Å². The summed E-state index contributed by atoms with van der Waals surface area (Å²) in [6.07, 6.45) is 1.80. The lowest BCUT2D eigenvalue weighted by Gasteiger charge is -2.07. The zero-order chi connectivity index (χ0) is 15.7. The minimum absolute atomic E-state index is 0.258. The molecule has 1 aromatic heterocycles. The molecule has 1 N–H and O–H groups in total. The summed E-state index contributed by atoms with van der Waals surface area (Å²) in [5.41, 5.74) is 3.21. The van der Waals surface area contributed by atoms with E-state index in [1.165, 1.54) is 0 Å². The molecule has 3 aromatic rings. The SMILES string of the molecule is [B]c1cn(Cc2cccc(C(=O)O)c2)c2ccc(C#N)cc12. The van der Waals surface area contributed by atoms with Gasteiger partial charge in [-0.25, -0.2) is 4.79 Å². The zero-order valence-corrected chi connectivity index (χ0v) is 11.7. The second-order valence-corrected chi connectivity index (χ2v) is 5.06. The Bertz CT molecular complexity index is 922. The number of carboxylic acids is 1. The van der Waals surface area contributed by atoms with Crippen molar-refractivity contribution in [1.82, 2.24) is 4.57 Å². The van der Waals surface area contributed by atoms with Crippen molar-refractivity contribution in [2.45, 2.75) is 6.54 Å². The number of aromatic carboxylic acids is 1. The molecule has 22 heavy (non-hydrogen) atoms. The molecular formula is C17H11BN2O2. The average molecular weight is 286 g/mol. The van der Waals surface area contributed by atoms with Crippen molar-refractivity contribution in [3.8, 4) is 6.07 Å². The number of fused-ring (bicyclic) bond motifs is 1. The summed E-state index contributed by atoms with van der Waals surface area (Å²) in [5.74, 6) is -0.947. The first-order valence-corrected chi connectivity index (χ1v) is 6.69. The number of hydrogen-bond donors (Lipinski definition) is 1. The molecule has 4 nitrogen and oxygen atoms in total. The second kappa shape index (κ2) is 5.42. The normalized spacial score (nSPS) is 10.5. The summed E-state index contributed by atoms with van der Waals surface area (Å²) in [6, 6.07) is 14.3. The molecule has 3 rings (SSSR count). The van der Waals surface area contributed by atoms with Crippen molar-refractivity contribution < 1.29 is 9.90 Å². The first-order valence-electron chi connectivity index (χ1n) is 6.69. The highest BCUT2D eigenvalue weighted by molar-refractivity contribution is 6.38. The third kappa shape index (κ3) is 2.47. The van der Waals surface area contributed by atoms with E-state index < -0.39 is 5.97 Å². The van der Waals surface area contributed by atoms with E-state index in [1.54, 1.807) is 36.5 Å². The molecule has 5 heteroatoms. The van der Waals surface area contributed by atoms with E-state index in [0.29, 0.717) is 17.6 Å². The Labute approximate surface area is 128 Å². The third-order valence-corrected chi connectivity index (χ3v) is 3.57. The molecule has 0 amide bonds. The van der Waals surface area contributed by atoms with Crippen LogP contribution >= 0.6 is 0 Å². The molecule has 0 aliphatic rings. The molecule has 0 bridgehead atoms. The summed E-state index contributed by atoms with van der Waals surface area (Å²) >= 11 is 0. The van der Waals surface area contributed by atoms with Gasteiger partial charge in [-0.1, -0.05) is 17.6 Å². The van der Waals surface area contributed by atoms with Gasteiger partial charge in [0.2, 0.25) is 0 Å². The molecule has 0 atom stereocenters. The molecule has 0 aliphatic carbocycles. The zero-order valence-electron chi connectivity index (χ0n) is 11.7. The lowest BCUT2D eigenvalue weighted by molar-refractivity contribution is 0.0696. The van der Waals surface area contributed by atoms with E-state index >= 15 is 0 Å². The topological polar surface area (TPSA) is 66.0 Å². The van der Waals surface area contributed by atoms with Crippen LogP contribution in [-0.4, -0.2) is 23.5 Å². The Balaban J connectivity index is 2.03. The summed E-state index contributed by atoms with van der Waals surface area (Å²) in [5, 5.41) is 18.8. The quantitative estimate of drug-likeness (QED) is 0.749. The van der Waals surface area contributed by atoms with Crippen LogP contribution in [0.4, 0.5) is 0 Å². The molecule has 1 heterocycles. The summed E-state index contributed by atoms with van der Waals surface area (Å²) in [6.45, 7) is 0.515. The molecule has 2 radical (unpaired) electrons. The van der Waals surface area contributed by atoms with Crippen LogP contribution in [0, 0.1) is 11.3 Å². The number of nitriles is 1. The monoisotopic (exact) mass is 286 g/mol. The van der Waals surface area contributed by atoms with E-state index in [0.717, 1.165) is 16.5 Å². The molecule has 0 saturated carbocycles. The first-order chi connectivity index (χ1) is 10.6. The van der Waals surface area contributed by atoms with Gasteiger partial charge in [-0.3, -0.25) is 0 Å². The molecule has 104 valence electrons. The van der Waals surface area contributed by atoms with E-state index in [4.69, 9.17) is 18.2 Å². The second-order valence-electron chi connectivity index (χ2n) is 5.06. The van der Waals surface area contributed by atoms with Gasteiger partial charge < -0.3 is 9.67 Å². The fourth-order valence-corrected chi connectivity index (χ4v) is 2.52. The predicted molar refractivity (Wildman–Crippen MR) is 84.5 cm³/mol. The standard InChI is InChI=1S/C17H11BN2O2/c18-15-10-20(16-5-4-11(8-19)7-14(15)16)9-12-2-1-3-13(6-12)17(21)22/h1-7,10H,9H2,(H,21,22). The highest BCUT2D eigenvalue weighted by Gasteiger charge is 2.08. The number of benzene rings is 2. The average Bonchev–Trinajstić information content (AvgIpc) is 2.83. The van der Waals surface area contributed by atoms with E-state index in [1.807, 2.05) is 16.7 Å². The summed E-state index contributed by atoms with van der Waals surface area (Å²) < 4.78 is 1.95. The maximum Gasteiger partial charge on any atom is 0.335 e. The Morgan fingerprint density at radius 2 is 2.09 bits per heavy atom. The van der Waals surface area contributed by atoms with E-state index in [9.17, 15) is 4.79 Å². The number of nitrogens with zero attached hydrogens (tertiary/aromatic N) is 2. The third-order valence-electron chi connectivity index (χ3n) is 3.57. The van der Waals surface area contributed by atoms with Crippen LogP contribution < -0.4 is 5.46 Å². The summed E-state index contributed by atoms with van der Waals surface area (Å²) in [4.78, 5) is 11.0. The Morgan fingerprint density at radius 1 is 1.27 bits per heavy atom. The van der Waals surface area contributed by atoms with Crippen LogP contribution in [-0.2, 0) is 6.54 Å². The molecule has 0 spiro atoms. The Morgan fingerprint density at radius 3 is 2.82 bits per heavy atom. The van der Waals surface area contributed by atoms with Crippen LogP contribution in [0.2, 0.25) is 0 Å². The fraction of sp³-hybridized carbons (Fsp3) is 0.0588. The lowest BCUT2D eigenvalue weighted by Crippen LogP contribution is -2.03. The summed E-state index contributed by atoms with van der Waals surface area (Å²) in [7, 11) is 6.01. The van der Waals surface area contributed by atoms with Gasteiger partial charge in [0.25, 0.3) is 0 Å². The molecule has 0 fully saturated rings. The van der Waals surface area contributed by atoms with Crippen molar-refractivity contribution in [2.24, 2.45) is 0 Å². The molecule has 2 aromatic carbocycles. The Hall–Kier alpha value is -3.00. The molecule has 0 saturated heterocycles. The highest BCUT2D eigenvalue weighted by Crippen LogP contribution is 2.17. The lowest BCUT2D eigenvalue weighted by atomic mass is 9.95. The van der Waals surface area contributed by atoms with Crippen LogP contribution in [0.5, 0.6) is 0 Å². The predicted octanol–water partition coefficient (Wildman–Crippen LogP) is 2.05. The number of hydrogen-bond acceptors (Lipinski definition) is 2. The first kappa shape index (κ1) is 14.0. The largest absolute Gasteiger partial charge is 0.478 e. The van der Waals surface area contributed by atoms with Gasteiger partial charge in [0.05, 0.1) is 17.2 Å². The van der Waals surface area contributed by atoms with Crippen LogP contribution in [0.15, 0.2) is 48.7 Å². The maximum atomic E-state index is 11.0. The van der Waals surface area contributed by atoms with Crippen molar-refractivity contribution in [3.05, 3.63) is 65.4 Å². The molecular weight excluding hydrogens is 275 g/mol. The van der Waals surface area contributed by atoms with Crippen LogP contribution in [0.1, 0.15) is 21.5 Å². The fourth-order valence-electron chi connectivity index (χ4n) is 2.52.